The van der Waals surface area contributed by atoms with Gasteiger partial charge in [0.1, 0.15) is 0 Å². The lowest BCUT2D eigenvalue weighted by atomic mass is 9.79. The third-order valence-corrected chi connectivity index (χ3v) is 4.21. The lowest BCUT2D eigenvalue weighted by Crippen LogP contribution is -2.37. The maximum atomic E-state index is 12.3. The van der Waals surface area contributed by atoms with Crippen molar-refractivity contribution in [3.63, 3.8) is 0 Å². The Kier molecular flexibility index (Phi) is 7.05. The van der Waals surface area contributed by atoms with Gasteiger partial charge in [0.05, 0.1) is 0 Å². The Morgan fingerprint density at radius 2 is 1.91 bits per heavy atom. The van der Waals surface area contributed by atoms with Crippen LogP contribution in [0.15, 0.2) is 24.3 Å². The first-order valence-corrected chi connectivity index (χ1v) is 7.73. The van der Waals surface area contributed by atoms with Crippen molar-refractivity contribution in [1.29, 1.82) is 0 Å². The van der Waals surface area contributed by atoms with Gasteiger partial charge in [-0.1, -0.05) is 19.9 Å². The third kappa shape index (κ3) is 5.15. The van der Waals surface area contributed by atoms with Crippen molar-refractivity contribution in [3.8, 4) is 0 Å². The fourth-order valence-corrected chi connectivity index (χ4v) is 2.49. The molecular formula is C17H26N2O3. The van der Waals surface area contributed by atoms with Crippen molar-refractivity contribution >= 4 is 17.5 Å². The number of aliphatic hydroxyl groups excluding tert-OH is 1. The monoisotopic (exact) mass is 306 g/mol. The Morgan fingerprint density at radius 1 is 1.23 bits per heavy atom. The molecule has 3 N–H and O–H groups in total. The van der Waals surface area contributed by atoms with Crippen LogP contribution in [0.4, 0.5) is 5.69 Å². The largest absolute Gasteiger partial charge is 0.396 e. The smallest absolute Gasteiger partial charge is 0.251 e. The molecule has 0 fully saturated rings. The number of hydrogen-bond acceptors (Lipinski definition) is 3. The van der Waals surface area contributed by atoms with E-state index >= 15 is 0 Å². The summed E-state index contributed by atoms with van der Waals surface area (Å²) in [7, 11) is 0. The summed E-state index contributed by atoms with van der Waals surface area (Å²) in [5.41, 5.74) is 1.05. The molecule has 1 aromatic rings. The van der Waals surface area contributed by atoms with Crippen LogP contribution in [0.1, 0.15) is 50.4 Å². The molecule has 0 aliphatic heterocycles. The second-order valence-corrected chi connectivity index (χ2v) is 5.63. The summed E-state index contributed by atoms with van der Waals surface area (Å²) in [4.78, 5) is 23.3. The second kappa shape index (κ2) is 8.54. The fourth-order valence-electron chi connectivity index (χ4n) is 2.49. The van der Waals surface area contributed by atoms with E-state index in [-0.39, 0.29) is 23.8 Å². The minimum atomic E-state index is -0.170. The molecule has 0 heterocycles. The third-order valence-electron chi connectivity index (χ3n) is 4.21. The van der Waals surface area contributed by atoms with Crippen LogP contribution in [0.25, 0.3) is 0 Å². The van der Waals surface area contributed by atoms with E-state index in [4.69, 9.17) is 0 Å². The zero-order chi connectivity index (χ0) is 16.6. The van der Waals surface area contributed by atoms with E-state index in [1.165, 1.54) is 6.92 Å². The van der Waals surface area contributed by atoms with Crippen molar-refractivity contribution in [2.75, 3.05) is 18.5 Å². The molecule has 0 saturated carbocycles. The molecule has 0 atom stereocenters. The molecule has 0 aliphatic rings. The first-order valence-electron chi connectivity index (χ1n) is 7.73. The van der Waals surface area contributed by atoms with E-state index in [0.717, 1.165) is 12.8 Å². The number of hydrogen-bond donors (Lipinski definition) is 3. The van der Waals surface area contributed by atoms with Crippen LogP contribution in [0.3, 0.4) is 0 Å². The number of anilines is 1. The summed E-state index contributed by atoms with van der Waals surface area (Å²) in [5.74, 6) is -0.340. The molecule has 0 bridgehead atoms. The molecule has 2 amide bonds. The van der Waals surface area contributed by atoms with E-state index in [1.807, 2.05) is 0 Å². The molecule has 0 spiro atoms. The van der Waals surface area contributed by atoms with Crippen molar-refractivity contribution in [1.82, 2.24) is 5.32 Å². The molecule has 5 heteroatoms. The van der Waals surface area contributed by atoms with Gasteiger partial charge in [0.25, 0.3) is 5.91 Å². The van der Waals surface area contributed by atoms with E-state index in [9.17, 15) is 14.7 Å². The average molecular weight is 306 g/mol. The fraction of sp³-hybridized carbons (Fsp3) is 0.529. The van der Waals surface area contributed by atoms with Crippen molar-refractivity contribution in [3.05, 3.63) is 29.8 Å². The van der Waals surface area contributed by atoms with Gasteiger partial charge in [0.15, 0.2) is 0 Å². The number of benzene rings is 1. The molecular weight excluding hydrogens is 280 g/mol. The van der Waals surface area contributed by atoms with Crippen LogP contribution in [0, 0.1) is 5.41 Å². The molecule has 1 rings (SSSR count). The zero-order valence-electron chi connectivity index (χ0n) is 13.6. The molecule has 122 valence electrons. The van der Waals surface area contributed by atoms with Gasteiger partial charge < -0.3 is 15.7 Å². The highest BCUT2D eigenvalue weighted by Crippen LogP contribution is 2.29. The molecule has 0 saturated heterocycles. The van der Waals surface area contributed by atoms with Crippen molar-refractivity contribution in [2.45, 2.75) is 40.0 Å². The Hall–Kier alpha value is -1.88. The molecule has 0 aromatic heterocycles. The van der Waals surface area contributed by atoms with E-state index in [2.05, 4.69) is 24.5 Å². The lowest BCUT2D eigenvalue weighted by Gasteiger charge is -2.31. The van der Waals surface area contributed by atoms with Crippen LogP contribution in [0.5, 0.6) is 0 Å². The molecule has 1 aromatic carbocycles. The standard InChI is InChI=1S/C17H26N2O3/c1-4-17(5-2,9-10-20)12-18-16(22)14-7-6-8-15(11-14)19-13(3)21/h6-8,11,20H,4-5,9-10,12H2,1-3H3,(H,18,22)(H,19,21). The number of aliphatic hydroxyl groups is 1. The highest BCUT2D eigenvalue weighted by Gasteiger charge is 2.26. The molecule has 0 radical (unpaired) electrons. The maximum Gasteiger partial charge on any atom is 0.251 e. The van der Waals surface area contributed by atoms with Crippen molar-refractivity contribution < 1.29 is 14.7 Å². The Morgan fingerprint density at radius 3 is 2.45 bits per heavy atom. The topological polar surface area (TPSA) is 78.4 Å². The first kappa shape index (κ1) is 18.2. The molecule has 0 aliphatic carbocycles. The second-order valence-electron chi connectivity index (χ2n) is 5.63. The summed E-state index contributed by atoms with van der Waals surface area (Å²) in [5, 5.41) is 14.8. The average Bonchev–Trinajstić information content (AvgIpc) is 2.51. The van der Waals surface area contributed by atoms with Gasteiger partial charge in [-0.05, 0) is 42.9 Å². The number of carbonyl (C=O) groups is 2. The zero-order valence-corrected chi connectivity index (χ0v) is 13.6. The molecule has 5 nitrogen and oxygen atoms in total. The minimum absolute atomic E-state index is 0.0698. The van der Waals surface area contributed by atoms with Gasteiger partial charge >= 0.3 is 0 Å². The van der Waals surface area contributed by atoms with Gasteiger partial charge in [0, 0.05) is 31.3 Å². The summed E-state index contributed by atoms with van der Waals surface area (Å²) < 4.78 is 0. The summed E-state index contributed by atoms with van der Waals surface area (Å²) in [6.45, 7) is 6.23. The van der Waals surface area contributed by atoms with Gasteiger partial charge in [-0.15, -0.1) is 0 Å². The summed E-state index contributed by atoms with van der Waals surface area (Å²) in [6, 6.07) is 6.85. The molecule has 22 heavy (non-hydrogen) atoms. The van der Waals surface area contributed by atoms with Gasteiger partial charge in [0.2, 0.25) is 5.91 Å². The Balaban J connectivity index is 2.74. The highest BCUT2D eigenvalue weighted by atomic mass is 16.3. The molecule has 0 unspecified atom stereocenters. The van der Waals surface area contributed by atoms with E-state index in [1.54, 1.807) is 24.3 Å². The predicted molar refractivity (Wildman–Crippen MR) is 87.8 cm³/mol. The van der Waals surface area contributed by atoms with E-state index < -0.39 is 0 Å². The SMILES string of the molecule is CCC(CC)(CCO)CNC(=O)c1cccc(NC(C)=O)c1. The van der Waals surface area contributed by atoms with Crippen LogP contribution in [0.2, 0.25) is 0 Å². The van der Waals surface area contributed by atoms with Crippen LogP contribution in [-0.2, 0) is 4.79 Å². The van der Waals surface area contributed by atoms with Crippen LogP contribution >= 0.6 is 0 Å². The first-order chi connectivity index (χ1) is 10.5. The maximum absolute atomic E-state index is 12.3. The van der Waals surface area contributed by atoms with Crippen molar-refractivity contribution in [2.24, 2.45) is 5.41 Å². The van der Waals surface area contributed by atoms with Gasteiger partial charge in [-0.3, -0.25) is 9.59 Å². The number of amides is 2. The quantitative estimate of drug-likeness (QED) is 0.690. The van der Waals surface area contributed by atoms with E-state index in [0.29, 0.717) is 24.2 Å². The van der Waals surface area contributed by atoms with Gasteiger partial charge in [-0.2, -0.15) is 0 Å². The van der Waals surface area contributed by atoms with Crippen LogP contribution < -0.4 is 10.6 Å². The predicted octanol–water partition coefficient (Wildman–Crippen LogP) is 2.56. The Bertz CT molecular complexity index is 510. The number of nitrogens with one attached hydrogen (secondary N) is 2. The number of carbonyl (C=O) groups excluding carboxylic acids is 2. The highest BCUT2D eigenvalue weighted by molar-refractivity contribution is 5.96. The normalized spacial score (nSPS) is 11.1. The summed E-state index contributed by atoms with van der Waals surface area (Å²) in [6.07, 6.45) is 2.47. The number of rotatable bonds is 8. The summed E-state index contributed by atoms with van der Waals surface area (Å²) >= 11 is 0. The lowest BCUT2D eigenvalue weighted by molar-refractivity contribution is -0.114. The minimum Gasteiger partial charge on any atom is -0.396 e. The van der Waals surface area contributed by atoms with Gasteiger partial charge in [-0.25, -0.2) is 0 Å². The Labute approximate surface area is 132 Å². The van der Waals surface area contributed by atoms with Crippen LogP contribution in [-0.4, -0.2) is 30.1 Å².